The largest absolute Gasteiger partial charge is 0.397 e. The molecule has 1 aliphatic heterocycles. The van der Waals surface area contributed by atoms with E-state index < -0.39 is 0 Å². The van der Waals surface area contributed by atoms with Crippen LogP contribution in [0, 0.1) is 0 Å². The first-order valence-electron chi connectivity index (χ1n) is 7.19. The van der Waals surface area contributed by atoms with Crippen LogP contribution in [0.15, 0.2) is 0 Å². The summed E-state index contributed by atoms with van der Waals surface area (Å²) >= 11 is 1.54. The first-order valence-corrected chi connectivity index (χ1v) is 8.01. The highest BCUT2D eigenvalue weighted by Crippen LogP contribution is 2.52. The molecule has 1 aromatic rings. The van der Waals surface area contributed by atoms with Crippen LogP contribution in [0.1, 0.15) is 40.4 Å². The third-order valence-corrected chi connectivity index (χ3v) is 5.17. The lowest BCUT2D eigenvalue weighted by atomic mass is 10.1. The fourth-order valence-corrected chi connectivity index (χ4v) is 3.98. The zero-order valence-electron chi connectivity index (χ0n) is 11.8. The lowest BCUT2D eigenvalue weighted by molar-refractivity contribution is 0.0968. The van der Waals surface area contributed by atoms with Gasteiger partial charge >= 0.3 is 0 Å². The van der Waals surface area contributed by atoms with Gasteiger partial charge in [0.1, 0.15) is 4.88 Å². The summed E-state index contributed by atoms with van der Waals surface area (Å²) in [6.07, 6.45) is 3.40. The van der Waals surface area contributed by atoms with Gasteiger partial charge in [-0.1, -0.05) is 0 Å². The number of hydrogen-bond acceptors (Lipinski definition) is 5. The molecular formula is C14H21N3O2S. The first-order chi connectivity index (χ1) is 9.72. The lowest BCUT2D eigenvalue weighted by Gasteiger charge is -2.21. The summed E-state index contributed by atoms with van der Waals surface area (Å²) in [5.41, 5.74) is 8.15. The van der Waals surface area contributed by atoms with Crippen molar-refractivity contribution in [3.63, 3.8) is 0 Å². The number of ether oxygens (including phenoxy) is 1. The van der Waals surface area contributed by atoms with Gasteiger partial charge in [0.25, 0.3) is 5.91 Å². The maximum atomic E-state index is 12.0. The van der Waals surface area contributed by atoms with Crippen LogP contribution in [0.3, 0.4) is 0 Å². The fraction of sp³-hybridized carbons (Fsp3) is 0.643. The molecule has 3 rings (SSSR count). The van der Waals surface area contributed by atoms with Crippen LogP contribution in [0.25, 0.3) is 0 Å². The minimum Gasteiger partial charge on any atom is -0.397 e. The Labute approximate surface area is 123 Å². The van der Waals surface area contributed by atoms with Crippen molar-refractivity contribution in [3.05, 3.63) is 10.4 Å². The van der Waals surface area contributed by atoms with Gasteiger partial charge in [-0.15, -0.1) is 11.3 Å². The van der Waals surface area contributed by atoms with Crippen LogP contribution in [-0.4, -0.2) is 39.3 Å². The number of carbonyl (C=O) groups is 1. The van der Waals surface area contributed by atoms with Crippen LogP contribution in [-0.2, 0) is 4.74 Å². The number of anilines is 2. The van der Waals surface area contributed by atoms with Crippen molar-refractivity contribution in [1.29, 1.82) is 0 Å². The molecule has 5 nitrogen and oxygen atoms in total. The molecule has 2 aliphatic rings. The van der Waals surface area contributed by atoms with E-state index in [9.17, 15) is 4.79 Å². The van der Waals surface area contributed by atoms with Gasteiger partial charge in [0.05, 0.1) is 17.3 Å². The number of nitrogen functional groups attached to an aromatic ring is 1. The van der Waals surface area contributed by atoms with Crippen LogP contribution in [0.4, 0.5) is 10.7 Å². The Morgan fingerprint density at radius 1 is 1.40 bits per heavy atom. The quantitative estimate of drug-likeness (QED) is 0.892. The molecule has 0 unspecified atom stereocenters. The molecule has 2 fully saturated rings. The summed E-state index contributed by atoms with van der Waals surface area (Å²) in [7, 11) is 1.65. The van der Waals surface area contributed by atoms with Crippen molar-refractivity contribution in [2.24, 2.45) is 0 Å². The smallest absolute Gasteiger partial charge is 0.263 e. The Bertz CT molecular complexity index is 503. The van der Waals surface area contributed by atoms with Gasteiger partial charge in [-0.2, -0.15) is 0 Å². The van der Waals surface area contributed by atoms with Gasteiger partial charge in [0.15, 0.2) is 0 Å². The van der Waals surface area contributed by atoms with Crippen LogP contribution in [0.5, 0.6) is 0 Å². The second-order valence-corrected chi connectivity index (χ2v) is 6.37. The number of carbonyl (C=O) groups excluding carboxylic acids is 1. The van der Waals surface area contributed by atoms with E-state index in [4.69, 9.17) is 10.5 Å². The summed E-state index contributed by atoms with van der Waals surface area (Å²) < 4.78 is 5.52. The third-order valence-electron chi connectivity index (χ3n) is 3.89. The molecule has 1 saturated heterocycles. The standard InChI is InChI=1S/C14H21N3O2S/c1-16-13(18)12-11(15)10(9-3-4-9)14(20-12)17-5-2-7-19-8-6-17/h9H,2-8,15H2,1H3,(H,16,18). The van der Waals surface area contributed by atoms with E-state index >= 15 is 0 Å². The third kappa shape index (κ3) is 2.50. The molecule has 0 spiro atoms. The van der Waals surface area contributed by atoms with Gasteiger partial charge in [-0.3, -0.25) is 4.79 Å². The minimum absolute atomic E-state index is 0.0771. The SMILES string of the molecule is CNC(=O)c1sc(N2CCCOCC2)c(C2CC2)c1N. The summed E-state index contributed by atoms with van der Waals surface area (Å²) in [4.78, 5) is 15.0. The highest BCUT2D eigenvalue weighted by molar-refractivity contribution is 7.18. The van der Waals surface area contributed by atoms with Crippen LogP contribution in [0.2, 0.25) is 0 Å². The van der Waals surface area contributed by atoms with E-state index in [1.54, 1.807) is 7.05 Å². The topological polar surface area (TPSA) is 67.6 Å². The van der Waals surface area contributed by atoms with E-state index in [1.807, 2.05) is 0 Å². The monoisotopic (exact) mass is 295 g/mol. The van der Waals surface area contributed by atoms with Gasteiger partial charge in [-0.25, -0.2) is 0 Å². The Kier molecular flexibility index (Phi) is 3.85. The molecular weight excluding hydrogens is 274 g/mol. The van der Waals surface area contributed by atoms with Crippen molar-refractivity contribution in [1.82, 2.24) is 5.32 Å². The highest BCUT2D eigenvalue weighted by Gasteiger charge is 2.34. The highest BCUT2D eigenvalue weighted by atomic mass is 32.1. The van der Waals surface area contributed by atoms with Gasteiger partial charge in [-0.05, 0) is 25.2 Å². The number of nitrogens with two attached hydrogens (primary N) is 1. The molecule has 6 heteroatoms. The van der Waals surface area contributed by atoms with Crippen molar-refractivity contribution >= 4 is 27.9 Å². The van der Waals surface area contributed by atoms with E-state index in [-0.39, 0.29) is 5.91 Å². The molecule has 1 amide bonds. The van der Waals surface area contributed by atoms with E-state index in [0.29, 0.717) is 16.5 Å². The minimum atomic E-state index is -0.0771. The van der Waals surface area contributed by atoms with Gasteiger partial charge in [0.2, 0.25) is 0 Å². The van der Waals surface area contributed by atoms with Crippen molar-refractivity contribution < 1.29 is 9.53 Å². The van der Waals surface area contributed by atoms with E-state index in [0.717, 1.165) is 32.7 Å². The van der Waals surface area contributed by atoms with Crippen molar-refractivity contribution in [3.8, 4) is 0 Å². The number of rotatable bonds is 3. The summed E-state index contributed by atoms with van der Waals surface area (Å²) in [5, 5.41) is 3.87. The van der Waals surface area contributed by atoms with Gasteiger partial charge in [0, 0.05) is 32.3 Å². The number of amides is 1. The predicted octanol–water partition coefficient (Wildman–Crippen LogP) is 1.79. The number of hydrogen-bond donors (Lipinski definition) is 2. The van der Waals surface area contributed by atoms with E-state index in [2.05, 4.69) is 10.2 Å². The maximum Gasteiger partial charge on any atom is 0.263 e. The normalized spacial score (nSPS) is 19.8. The molecule has 3 N–H and O–H groups in total. The average Bonchev–Trinajstić information content (AvgIpc) is 3.26. The number of nitrogens with zero attached hydrogens (tertiary/aromatic N) is 1. The second kappa shape index (κ2) is 5.61. The van der Waals surface area contributed by atoms with Crippen molar-refractivity contribution in [2.75, 3.05) is 44.0 Å². The number of nitrogens with one attached hydrogen (secondary N) is 1. The lowest BCUT2D eigenvalue weighted by Crippen LogP contribution is -2.25. The maximum absolute atomic E-state index is 12.0. The average molecular weight is 295 g/mol. The molecule has 0 aromatic carbocycles. The molecule has 110 valence electrons. The number of thiophene rings is 1. The van der Waals surface area contributed by atoms with Crippen LogP contribution < -0.4 is 16.0 Å². The molecule has 0 bridgehead atoms. The molecule has 0 radical (unpaired) electrons. The van der Waals surface area contributed by atoms with Gasteiger partial charge < -0.3 is 20.7 Å². The molecule has 1 aliphatic carbocycles. The summed E-state index contributed by atoms with van der Waals surface area (Å²) in [5.74, 6) is 0.468. The van der Waals surface area contributed by atoms with Crippen molar-refractivity contribution in [2.45, 2.75) is 25.2 Å². The zero-order valence-corrected chi connectivity index (χ0v) is 12.6. The fourth-order valence-electron chi connectivity index (χ4n) is 2.68. The summed E-state index contributed by atoms with van der Waals surface area (Å²) in [6.45, 7) is 3.43. The predicted molar refractivity (Wildman–Crippen MR) is 81.7 cm³/mol. The summed E-state index contributed by atoms with van der Waals surface area (Å²) in [6, 6.07) is 0. The zero-order chi connectivity index (χ0) is 14.1. The molecule has 2 heterocycles. The second-order valence-electron chi connectivity index (χ2n) is 5.37. The Morgan fingerprint density at radius 2 is 2.20 bits per heavy atom. The Balaban J connectivity index is 1.97. The molecule has 20 heavy (non-hydrogen) atoms. The Hall–Kier alpha value is -1.27. The van der Waals surface area contributed by atoms with E-state index in [1.165, 1.54) is 34.7 Å². The molecule has 0 atom stereocenters. The molecule has 1 saturated carbocycles. The first kappa shape index (κ1) is 13.7. The Morgan fingerprint density at radius 3 is 2.90 bits per heavy atom. The van der Waals surface area contributed by atoms with Crippen LogP contribution >= 0.6 is 11.3 Å². The molecule has 1 aromatic heterocycles.